The van der Waals surface area contributed by atoms with Gasteiger partial charge in [0.2, 0.25) is 21.8 Å². The van der Waals surface area contributed by atoms with Crippen LogP contribution in [-0.4, -0.2) is 57.6 Å². The zero-order valence-corrected chi connectivity index (χ0v) is 23.1. The standard InChI is InChI=1S/C25H34BrN3O5S/c1-5-14-27-25(31)19(2)28(18-20-9-6-10-21(26)16-20)24(30)13-8-15-29(35(4,32)33)22-11-7-12-23(17-22)34-3/h6-7,9-12,16-17,19H,5,8,13-15,18H2,1-4H3,(H,27,31)/t19-/m1/s1. The van der Waals surface area contributed by atoms with E-state index in [-0.39, 0.29) is 31.3 Å². The molecule has 2 rings (SSSR count). The highest BCUT2D eigenvalue weighted by molar-refractivity contribution is 9.10. The van der Waals surface area contributed by atoms with Crippen LogP contribution in [0.25, 0.3) is 0 Å². The molecule has 0 heterocycles. The van der Waals surface area contributed by atoms with Gasteiger partial charge >= 0.3 is 0 Å². The molecule has 2 aromatic carbocycles. The van der Waals surface area contributed by atoms with Crippen molar-refractivity contribution in [3.63, 3.8) is 0 Å². The number of rotatable bonds is 13. The zero-order chi connectivity index (χ0) is 26.0. The third-order valence-corrected chi connectivity index (χ3v) is 7.14. The maximum absolute atomic E-state index is 13.3. The number of ether oxygens (including phenoxy) is 1. The highest BCUT2D eigenvalue weighted by Gasteiger charge is 2.26. The van der Waals surface area contributed by atoms with Gasteiger partial charge in [0, 0.05) is 36.6 Å². The lowest BCUT2D eigenvalue weighted by molar-refractivity contribution is -0.140. The summed E-state index contributed by atoms with van der Waals surface area (Å²) in [7, 11) is -2.06. The van der Waals surface area contributed by atoms with Gasteiger partial charge in [-0.2, -0.15) is 0 Å². The number of halogens is 1. The van der Waals surface area contributed by atoms with E-state index in [0.29, 0.717) is 24.4 Å². The normalized spacial score (nSPS) is 12.0. The zero-order valence-electron chi connectivity index (χ0n) is 20.7. The number of amides is 2. The number of benzene rings is 2. The molecule has 35 heavy (non-hydrogen) atoms. The molecular weight excluding hydrogens is 534 g/mol. The first kappa shape index (κ1) is 28.6. The Kier molecular flexibility index (Phi) is 11.0. The highest BCUT2D eigenvalue weighted by Crippen LogP contribution is 2.24. The van der Waals surface area contributed by atoms with E-state index in [1.165, 1.54) is 11.4 Å². The summed E-state index contributed by atoms with van der Waals surface area (Å²) < 4.78 is 32.2. The quantitative estimate of drug-likeness (QED) is 0.395. The monoisotopic (exact) mass is 567 g/mol. The summed E-state index contributed by atoms with van der Waals surface area (Å²) in [6.07, 6.45) is 2.31. The predicted molar refractivity (Wildman–Crippen MR) is 142 cm³/mol. The molecule has 0 saturated heterocycles. The molecule has 2 aromatic rings. The summed E-state index contributed by atoms with van der Waals surface area (Å²) in [5, 5.41) is 2.85. The van der Waals surface area contributed by atoms with E-state index in [2.05, 4.69) is 21.2 Å². The average Bonchev–Trinajstić information content (AvgIpc) is 2.82. The van der Waals surface area contributed by atoms with E-state index in [0.717, 1.165) is 22.7 Å². The van der Waals surface area contributed by atoms with Crippen LogP contribution < -0.4 is 14.4 Å². The summed E-state index contributed by atoms with van der Waals surface area (Å²) in [6.45, 7) is 4.60. The van der Waals surface area contributed by atoms with Crippen molar-refractivity contribution < 1.29 is 22.7 Å². The fourth-order valence-corrected chi connectivity index (χ4v) is 4.98. The van der Waals surface area contributed by atoms with Gasteiger partial charge < -0.3 is 15.0 Å². The SMILES string of the molecule is CCCNC(=O)[C@@H](C)N(Cc1cccc(Br)c1)C(=O)CCCN(c1cccc(OC)c1)S(C)(=O)=O. The molecule has 1 N–H and O–H groups in total. The summed E-state index contributed by atoms with van der Waals surface area (Å²) >= 11 is 3.44. The van der Waals surface area contributed by atoms with Crippen molar-refractivity contribution in [2.45, 2.75) is 45.7 Å². The van der Waals surface area contributed by atoms with Crippen LogP contribution in [0.2, 0.25) is 0 Å². The van der Waals surface area contributed by atoms with E-state index in [1.807, 2.05) is 31.2 Å². The molecule has 0 radical (unpaired) electrons. The Morgan fingerprint density at radius 1 is 1.14 bits per heavy atom. The minimum Gasteiger partial charge on any atom is -0.497 e. The van der Waals surface area contributed by atoms with Crippen LogP contribution >= 0.6 is 15.9 Å². The third-order valence-electron chi connectivity index (χ3n) is 5.45. The fourth-order valence-electron chi connectivity index (χ4n) is 3.58. The van der Waals surface area contributed by atoms with Gasteiger partial charge in [-0.1, -0.05) is 41.1 Å². The summed E-state index contributed by atoms with van der Waals surface area (Å²) in [4.78, 5) is 27.5. The molecule has 0 aliphatic rings. The van der Waals surface area contributed by atoms with Gasteiger partial charge in [0.05, 0.1) is 19.1 Å². The van der Waals surface area contributed by atoms with Crippen LogP contribution in [0.3, 0.4) is 0 Å². The van der Waals surface area contributed by atoms with Crippen molar-refractivity contribution in [3.05, 3.63) is 58.6 Å². The molecule has 1 atom stereocenters. The molecule has 0 fully saturated rings. The van der Waals surface area contributed by atoms with Gasteiger partial charge in [0.25, 0.3) is 0 Å². The van der Waals surface area contributed by atoms with Crippen molar-refractivity contribution in [3.8, 4) is 5.75 Å². The van der Waals surface area contributed by atoms with Crippen LogP contribution in [0.1, 0.15) is 38.7 Å². The Morgan fingerprint density at radius 3 is 2.49 bits per heavy atom. The van der Waals surface area contributed by atoms with Crippen molar-refractivity contribution in [2.75, 3.05) is 30.8 Å². The number of methoxy groups -OCH3 is 1. The molecule has 8 nitrogen and oxygen atoms in total. The molecule has 0 aromatic heterocycles. The number of nitrogens with one attached hydrogen (secondary N) is 1. The second-order valence-corrected chi connectivity index (χ2v) is 11.1. The number of nitrogens with zero attached hydrogens (tertiary/aromatic N) is 2. The lowest BCUT2D eigenvalue weighted by Gasteiger charge is -2.29. The summed E-state index contributed by atoms with van der Waals surface area (Å²) in [6, 6.07) is 13.7. The third kappa shape index (κ3) is 8.85. The first-order chi connectivity index (χ1) is 16.6. The van der Waals surface area contributed by atoms with E-state index in [1.54, 1.807) is 36.1 Å². The Hall–Kier alpha value is -2.59. The number of sulfonamides is 1. The highest BCUT2D eigenvalue weighted by atomic mass is 79.9. The predicted octanol–water partition coefficient (Wildman–Crippen LogP) is 3.95. The van der Waals surface area contributed by atoms with Crippen LogP contribution in [0.5, 0.6) is 5.75 Å². The first-order valence-corrected chi connectivity index (χ1v) is 14.1. The number of anilines is 1. The van der Waals surface area contributed by atoms with Gasteiger partial charge in [0.15, 0.2) is 0 Å². The van der Waals surface area contributed by atoms with Crippen molar-refractivity contribution in [2.24, 2.45) is 0 Å². The van der Waals surface area contributed by atoms with Crippen molar-refractivity contribution in [1.29, 1.82) is 0 Å². The van der Waals surface area contributed by atoms with Crippen LogP contribution in [0.15, 0.2) is 53.0 Å². The second kappa shape index (κ2) is 13.5. The van der Waals surface area contributed by atoms with Crippen LogP contribution in [0, 0.1) is 0 Å². The van der Waals surface area contributed by atoms with Gasteiger partial charge in [-0.25, -0.2) is 8.42 Å². The smallest absolute Gasteiger partial charge is 0.242 e. The second-order valence-electron chi connectivity index (χ2n) is 8.26. The van der Waals surface area contributed by atoms with Crippen LogP contribution in [-0.2, 0) is 26.2 Å². The molecule has 10 heteroatoms. The molecule has 0 saturated carbocycles. The van der Waals surface area contributed by atoms with Crippen molar-refractivity contribution >= 4 is 43.5 Å². The average molecular weight is 569 g/mol. The number of hydrogen-bond donors (Lipinski definition) is 1. The molecular formula is C25H34BrN3O5S. The largest absolute Gasteiger partial charge is 0.497 e. The minimum absolute atomic E-state index is 0.0926. The summed E-state index contributed by atoms with van der Waals surface area (Å²) in [5.74, 6) is 0.104. The van der Waals surface area contributed by atoms with E-state index in [4.69, 9.17) is 4.74 Å². The van der Waals surface area contributed by atoms with Gasteiger partial charge in [-0.05, 0) is 49.6 Å². The topological polar surface area (TPSA) is 96.0 Å². The van der Waals surface area contributed by atoms with Gasteiger partial charge in [0.1, 0.15) is 11.8 Å². The Balaban J connectivity index is 2.16. The van der Waals surface area contributed by atoms with Gasteiger partial charge in [-0.3, -0.25) is 13.9 Å². The maximum Gasteiger partial charge on any atom is 0.242 e. The summed E-state index contributed by atoms with van der Waals surface area (Å²) in [5.41, 5.74) is 1.36. The van der Waals surface area contributed by atoms with Gasteiger partial charge in [-0.15, -0.1) is 0 Å². The molecule has 0 unspecified atom stereocenters. The van der Waals surface area contributed by atoms with E-state index < -0.39 is 16.1 Å². The molecule has 2 amide bonds. The number of carbonyl (C=O) groups excluding carboxylic acids is 2. The fraction of sp³-hybridized carbons (Fsp3) is 0.440. The molecule has 0 aliphatic heterocycles. The lowest BCUT2D eigenvalue weighted by Crippen LogP contribution is -2.47. The van der Waals surface area contributed by atoms with E-state index in [9.17, 15) is 18.0 Å². The number of carbonyl (C=O) groups is 2. The molecule has 0 aliphatic carbocycles. The maximum atomic E-state index is 13.3. The van der Waals surface area contributed by atoms with Crippen molar-refractivity contribution in [1.82, 2.24) is 10.2 Å². The Morgan fingerprint density at radius 2 is 1.86 bits per heavy atom. The Bertz CT molecular complexity index is 1110. The molecule has 0 spiro atoms. The van der Waals surface area contributed by atoms with E-state index >= 15 is 0 Å². The first-order valence-electron chi connectivity index (χ1n) is 11.5. The lowest BCUT2D eigenvalue weighted by atomic mass is 10.1. The molecule has 0 bridgehead atoms. The number of hydrogen-bond acceptors (Lipinski definition) is 5. The molecule has 192 valence electrons. The minimum atomic E-state index is -3.57. The Labute approximate surface area is 216 Å². The van der Waals surface area contributed by atoms with Crippen LogP contribution in [0.4, 0.5) is 5.69 Å².